The summed E-state index contributed by atoms with van der Waals surface area (Å²) in [5.74, 6) is -0.169. The number of aliphatic imine (C=N–C) groups is 1. The number of hydrogen-bond acceptors (Lipinski definition) is 5. The molecule has 1 aromatic carbocycles. The summed E-state index contributed by atoms with van der Waals surface area (Å²) in [6.07, 6.45) is 3.66. The van der Waals surface area contributed by atoms with E-state index in [1.165, 1.54) is 0 Å². The van der Waals surface area contributed by atoms with E-state index in [4.69, 9.17) is 10.5 Å². The number of aromatic nitrogens is 2. The van der Waals surface area contributed by atoms with Gasteiger partial charge in [-0.15, -0.1) is 0 Å². The Morgan fingerprint density at radius 2 is 1.97 bits per heavy atom. The molecule has 2 aromatic heterocycles. The minimum atomic E-state index is -0.169. The van der Waals surface area contributed by atoms with Crippen molar-refractivity contribution < 1.29 is 9.53 Å². The molecule has 0 aliphatic heterocycles. The van der Waals surface area contributed by atoms with Crippen LogP contribution in [0.25, 0.3) is 22.2 Å². The number of aromatic amines is 1. The molecule has 3 rings (SSSR count). The molecule has 0 saturated heterocycles. The summed E-state index contributed by atoms with van der Waals surface area (Å²) in [7, 11) is 1.63. The molecule has 0 bridgehead atoms. The summed E-state index contributed by atoms with van der Waals surface area (Å²) >= 11 is 0. The first-order valence-electron chi connectivity index (χ1n) is 9.77. The Kier molecular flexibility index (Phi) is 6.98. The molecule has 0 spiro atoms. The van der Waals surface area contributed by atoms with Gasteiger partial charge in [0.15, 0.2) is 0 Å². The van der Waals surface area contributed by atoms with Crippen LogP contribution in [0.15, 0.2) is 65.1 Å². The van der Waals surface area contributed by atoms with E-state index in [2.05, 4.69) is 20.3 Å². The number of nitrogens with two attached hydrogens (primary N) is 1. The Morgan fingerprint density at radius 3 is 2.67 bits per heavy atom. The van der Waals surface area contributed by atoms with Gasteiger partial charge < -0.3 is 20.8 Å². The van der Waals surface area contributed by atoms with E-state index in [0.717, 1.165) is 33.4 Å². The van der Waals surface area contributed by atoms with E-state index in [1.807, 2.05) is 37.4 Å². The summed E-state index contributed by atoms with van der Waals surface area (Å²) < 4.78 is 5.02. The predicted octanol–water partition coefficient (Wildman–Crippen LogP) is 3.30. The van der Waals surface area contributed by atoms with E-state index in [-0.39, 0.29) is 5.91 Å². The van der Waals surface area contributed by atoms with Crippen LogP contribution in [-0.4, -0.2) is 48.4 Å². The first-order valence-corrected chi connectivity index (χ1v) is 9.77. The summed E-state index contributed by atoms with van der Waals surface area (Å²) in [5, 5.41) is 3.97. The first-order chi connectivity index (χ1) is 14.5. The van der Waals surface area contributed by atoms with Crippen LogP contribution >= 0.6 is 0 Å². The van der Waals surface area contributed by atoms with Crippen LogP contribution in [0, 0.1) is 0 Å². The van der Waals surface area contributed by atoms with Gasteiger partial charge in [-0.05, 0) is 38.1 Å². The molecular weight excluding hydrogens is 378 g/mol. The van der Waals surface area contributed by atoms with Crippen molar-refractivity contribution in [1.29, 1.82) is 0 Å². The molecule has 2 heterocycles. The van der Waals surface area contributed by atoms with Crippen molar-refractivity contribution in [2.45, 2.75) is 13.8 Å². The number of carbonyl (C=O) groups is 1. The molecule has 4 N–H and O–H groups in total. The molecule has 0 radical (unpaired) electrons. The lowest BCUT2D eigenvalue weighted by Crippen LogP contribution is -2.29. The fourth-order valence-corrected chi connectivity index (χ4v) is 3.22. The number of pyridine rings is 1. The maximum absolute atomic E-state index is 12.6. The number of benzene rings is 1. The zero-order valence-electron chi connectivity index (χ0n) is 17.5. The van der Waals surface area contributed by atoms with Gasteiger partial charge in [0.25, 0.3) is 5.91 Å². The molecule has 1 amide bonds. The number of rotatable bonds is 8. The fraction of sp³-hybridized carbons (Fsp3) is 0.261. The third kappa shape index (κ3) is 4.93. The molecule has 0 aliphatic carbocycles. The molecule has 0 aliphatic rings. The van der Waals surface area contributed by atoms with Crippen LogP contribution in [-0.2, 0) is 4.74 Å². The maximum atomic E-state index is 12.6. The number of H-pyrrole nitrogens is 1. The smallest absolute Gasteiger partial charge is 0.251 e. The predicted molar refractivity (Wildman–Crippen MR) is 121 cm³/mol. The van der Waals surface area contributed by atoms with Crippen LogP contribution in [0.4, 0.5) is 0 Å². The Morgan fingerprint density at radius 1 is 1.20 bits per heavy atom. The van der Waals surface area contributed by atoms with Crippen LogP contribution < -0.4 is 11.1 Å². The number of fused-ring (bicyclic) bond motifs is 1. The average molecular weight is 406 g/mol. The Bertz CT molecular complexity index is 1080. The molecular formula is C23H27N5O2. The Labute approximate surface area is 176 Å². The van der Waals surface area contributed by atoms with Gasteiger partial charge in [-0.2, -0.15) is 0 Å². The minimum absolute atomic E-state index is 0.169. The first kappa shape index (κ1) is 21.3. The van der Waals surface area contributed by atoms with Crippen molar-refractivity contribution in [3.8, 4) is 11.3 Å². The number of nitrogens with one attached hydrogen (secondary N) is 2. The zero-order valence-corrected chi connectivity index (χ0v) is 17.5. The molecule has 3 aromatic rings. The van der Waals surface area contributed by atoms with Crippen LogP contribution in [0.1, 0.15) is 24.2 Å². The molecule has 7 heteroatoms. The molecule has 0 atom stereocenters. The topological polar surface area (TPSA) is 105 Å². The Hall–Kier alpha value is -3.45. The molecule has 0 fully saturated rings. The highest BCUT2D eigenvalue weighted by Crippen LogP contribution is 2.25. The van der Waals surface area contributed by atoms with Crippen molar-refractivity contribution in [1.82, 2.24) is 15.3 Å². The number of methoxy groups -OCH3 is 1. The second kappa shape index (κ2) is 9.84. The molecule has 0 unspecified atom stereocenters. The monoisotopic (exact) mass is 405 g/mol. The number of carbonyl (C=O) groups excluding carboxylic acids is 1. The highest BCUT2D eigenvalue weighted by Gasteiger charge is 2.11. The van der Waals surface area contributed by atoms with Crippen LogP contribution in [0.2, 0.25) is 0 Å². The number of hydrogen-bond donors (Lipinski definition) is 3. The number of amides is 1. The summed E-state index contributed by atoms with van der Waals surface area (Å²) in [5.41, 5.74) is 11.7. The highest BCUT2D eigenvalue weighted by molar-refractivity contribution is 6.01. The maximum Gasteiger partial charge on any atom is 0.251 e. The van der Waals surface area contributed by atoms with E-state index in [0.29, 0.717) is 31.0 Å². The fourth-order valence-electron chi connectivity index (χ4n) is 3.22. The number of allylic oxidation sites excluding steroid dienone is 1. The number of nitrogens with zero attached hydrogens (tertiary/aromatic N) is 2. The second-order valence-corrected chi connectivity index (χ2v) is 6.98. The summed E-state index contributed by atoms with van der Waals surface area (Å²) in [6, 6.07) is 11.4. The van der Waals surface area contributed by atoms with Crippen LogP contribution in [0.3, 0.4) is 0 Å². The van der Waals surface area contributed by atoms with Gasteiger partial charge in [-0.3, -0.25) is 14.8 Å². The Balaban J connectivity index is 1.69. The van der Waals surface area contributed by atoms with Gasteiger partial charge >= 0.3 is 0 Å². The van der Waals surface area contributed by atoms with Gasteiger partial charge in [0.05, 0.1) is 18.8 Å². The highest BCUT2D eigenvalue weighted by atomic mass is 16.5. The van der Waals surface area contributed by atoms with Crippen molar-refractivity contribution in [3.05, 3.63) is 65.6 Å². The summed E-state index contributed by atoms with van der Waals surface area (Å²) in [6.45, 7) is 5.10. The third-order valence-electron chi connectivity index (χ3n) is 4.88. The van der Waals surface area contributed by atoms with Gasteiger partial charge in [-0.1, -0.05) is 12.1 Å². The third-order valence-corrected chi connectivity index (χ3v) is 4.88. The van der Waals surface area contributed by atoms with Gasteiger partial charge in [-0.25, -0.2) is 0 Å². The van der Waals surface area contributed by atoms with Crippen molar-refractivity contribution in [2.24, 2.45) is 10.7 Å². The van der Waals surface area contributed by atoms with Gasteiger partial charge in [0, 0.05) is 65.1 Å². The van der Waals surface area contributed by atoms with Crippen molar-refractivity contribution in [2.75, 3.05) is 26.8 Å². The SMILES string of the molecule is COCCN=C(C)C(CNC(=O)c1ccc(-c2nccc3[nH]ccc23)cc1)=C(C)N. The van der Waals surface area contributed by atoms with E-state index < -0.39 is 0 Å². The second-order valence-electron chi connectivity index (χ2n) is 6.98. The largest absolute Gasteiger partial charge is 0.402 e. The normalized spacial score (nSPS) is 12.7. The van der Waals surface area contributed by atoms with E-state index in [1.54, 1.807) is 32.4 Å². The van der Waals surface area contributed by atoms with E-state index >= 15 is 0 Å². The molecule has 30 heavy (non-hydrogen) atoms. The number of ether oxygens (including phenoxy) is 1. The molecule has 156 valence electrons. The molecule has 7 nitrogen and oxygen atoms in total. The van der Waals surface area contributed by atoms with Gasteiger partial charge in [0.2, 0.25) is 0 Å². The minimum Gasteiger partial charge on any atom is -0.402 e. The zero-order chi connectivity index (χ0) is 21.5. The average Bonchev–Trinajstić information content (AvgIpc) is 3.23. The standard InChI is InChI=1S/C23H27N5O2/c1-15(24)20(16(2)25-12-13-30-3)14-28-23(29)18-6-4-17(5-7-18)22-19-8-10-26-21(19)9-11-27-22/h4-11,26H,12-14,24H2,1-3H3,(H,28,29). The quantitative estimate of drug-likeness (QED) is 0.395. The lowest BCUT2D eigenvalue weighted by molar-refractivity contribution is 0.0957. The van der Waals surface area contributed by atoms with Gasteiger partial charge in [0.1, 0.15) is 0 Å². The van der Waals surface area contributed by atoms with Crippen LogP contribution in [0.5, 0.6) is 0 Å². The van der Waals surface area contributed by atoms with Crippen molar-refractivity contribution in [3.63, 3.8) is 0 Å². The van der Waals surface area contributed by atoms with Crippen molar-refractivity contribution >= 4 is 22.5 Å². The molecule has 0 saturated carbocycles. The summed E-state index contributed by atoms with van der Waals surface area (Å²) in [4.78, 5) is 24.7. The van der Waals surface area contributed by atoms with E-state index in [9.17, 15) is 4.79 Å². The lowest BCUT2D eigenvalue weighted by atomic mass is 10.1. The lowest BCUT2D eigenvalue weighted by Gasteiger charge is -2.12.